The summed E-state index contributed by atoms with van der Waals surface area (Å²) in [5.74, 6) is 2.00. The Morgan fingerprint density at radius 2 is 2.19 bits per heavy atom. The monoisotopic (exact) mass is 346 g/mol. The summed E-state index contributed by atoms with van der Waals surface area (Å²) < 4.78 is 24.6. The van der Waals surface area contributed by atoms with E-state index in [0.717, 1.165) is 30.6 Å². The van der Waals surface area contributed by atoms with Crippen LogP contribution in [-0.2, 0) is 9.84 Å². The third-order valence-electron chi connectivity index (χ3n) is 3.89. The average molecular weight is 346 g/mol. The van der Waals surface area contributed by atoms with E-state index in [-0.39, 0.29) is 5.75 Å². The Labute approximate surface area is 133 Å². The van der Waals surface area contributed by atoms with E-state index < -0.39 is 15.2 Å². The molecule has 2 fully saturated rings. The van der Waals surface area contributed by atoms with E-state index in [9.17, 15) is 13.2 Å². The third-order valence-corrected chi connectivity index (χ3v) is 8.21. The minimum Gasteiger partial charge on any atom is -0.329 e. The largest absolute Gasteiger partial charge is 0.329 e. The Morgan fingerprint density at radius 3 is 2.81 bits per heavy atom. The predicted molar refractivity (Wildman–Crippen MR) is 87.4 cm³/mol. The smallest absolute Gasteiger partial charge is 0.187 e. The summed E-state index contributed by atoms with van der Waals surface area (Å²) in [7, 11) is -3.15. The van der Waals surface area contributed by atoms with Gasteiger partial charge < -0.3 is 4.90 Å². The number of anilines is 1. The minimum atomic E-state index is -3.15. The van der Waals surface area contributed by atoms with Gasteiger partial charge in [-0.15, -0.1) is 0 Å². The van der Waals surface area contributed by atoms with Crippen LogP contribution >= 0.6 is 23.1 Å². The maximum absolute atomic E-state index is 12.3. The van der Waals surface area contributed by atoms with Crippen molar-refractivity contribution in [3.05, 3.63) is 10.6 Å². The van der Waals surface area contributed by atoms with Gasteiger partial charge in [0.1, 0.15) is 5.37 Å². The lowest BCUT2D eigenvalue weighted by Crippen LogP contribution is -2.48. The number of nitrogens with zero attached hydrogens (tertiary/aromatic N) is 2. The fraction of sp³-hybridized carbons (Fsp3) is 0.692. The number of thioether (sulfide) groups is 1. The van der Waals surface area contributed by atoms with Gasteiger partial charge in [0.15, 0.2) is 21.3 Å². The highest BCUT2D eigenvalue weighted by atomic mass is 32.2. The summed E-state index contributed by atoms with van der Waals surface area (Å²) in [5, 5.41) is 0.181. The first-order valence-corrected chi connectivity index (χ1v) is 10.8. The lowest BCUT2D eigenvalue weighted by atomic mass is 10.3. The molecule has 1 aromatic rings. The van der Waals surface area contributed by atoms with Crippen LogP contribution in [0.3, 0.4) is 0 Å². The molecule has 21 heavy (non-hydrogen) atoms. The van der Waals surface area contributed by atoms with E-state index in [0.29, 0.717) is 28.2 Å². The molecule has 0 amide bonds. The first-order chi connectivity index (χ1) is 10.1. The Kier molecular flexibility index (Phi) is 4.29. The molecule has 1 atom stereocenters. The maximum Gasteiger partial charge on any atom is 0.187 e. The molecule has 0 radical (unpaired) electrons. The number of aromatic nitrogens is 1. The molecule has 8 heteroatoms. The molecule has 0 spiro atoms. The molecular formula is C13H18N2O3S3. The van der Waals surface area contributed by atoms with E-state index in [1.165, 1.54) is 11.3 Å². The van der Waals surface area contributed by atoms with Crippen LogP contribution in [0.4, 0.5) is 5.13 Å². The molecule has 1 saturated carbocycles. The van der Waals surface area contributed by atoms with Crippen molar-refractivity contribution in [2.45, 2.75) is 31.1 Å². The summed E-state index contributed by atoms with van der Waals surface area (Å²) in [5.41, 5.74) is 0.871. The van der Waals surface area contributed by atoms with Crippen LogP contribution in [0.1, 0.15) is 41.0 Å². The van der Waals surface area contributed by atoms with Crippen molar-refractivity contribution < 1.29 is 13.2 Å². The SMILES string of the molecule is CCS(=O)(=O)C1CSCCN1c1nc(C2CC2)c(C=O)s1. The molecule has 1 aliphatic heterocycles. The van der Waals surface area contributed by atoms with Crippen molar-refractivity contribution in [1.29, 1.82) is 0 Å². The van der Waals surface area contributed by atoms with Gasteiger partial charge in [0, 0.05) is 29.7 Å². The molecule has 116 valence electrons. The molecule has 1 unspecified atom stereocenters. The van der Waals surface area contributed by atoms with Gasteiger partial charge in [-0.25, -0.2) is 13.4 Å². The average Bonchev–Trinajstić information content (AvgIpc) is 3.26. The minimum absolute atomic E-state index is 0.135. The molecule has 0 aromatic carbocycles. The highest BCUT2D eigenvalue weighted by Crippen LogP contribution is 2.44. The van der Waals surface area contributed by atoms with Crippen LogP contribution in [0.5, 0.6) is 0 Å². The first kappa shape index (κ1) is 15.3. The summed E-state index contributed by atoms with van der Waals surface area (Å²) in [4.78, 5) is 18.4. The van der Waals surface area contributed by atoms with E-state index in [1.54, 1.807) is 18.7 Å². The highest BCUT2D eigenvalue weighted by molar-refractivity contribution is 8.01. The van der Waals surface area contributed by atoms with Crippen molar-refractivity contribution in [2.75, 3.05) is 28.7 Å². The molecule has 0 bridgehead atoms. The molecule has 1 aliphatic carbocycles. The Morgan fingerprint density at radius 1 is 1.43 bits per heavy atom. The van der Waals surface area contributed by atoms with Crippen molar-refractivity contribution in [3.63, 3.8) is 0 Å². The van der Waals surface area contributed by atoms with Crippen molar-refractivity contribution in [2.24, 2.45) is 0 Å². The normalized spacial score (nSPS) is 23.3. The Balaban J connectivity index is 1.95. The number of sulfone groups is 1. The van der Waals surface area contributed by atoms with Gasteiger partial charge in [0.05, 0.1) is 10.6 Å². The third kappa shape index (κ3) is 2.98. The van der Waals surface area contributed by atoms with Crippen molar-refractivity contribution in [1.82, 2.24) is 4.98 Å². The van der Waals surface area contributed by atoms with E-state index in [2.05, 4.69) is 4.98 Å². The number of rotatable bonds is 5. The zero-order valence-corrected chi connectivity index (χ0v) is 14.3. The lowest BCUT2D eigenvalue weighted by Gasteiger charge is -2.34. The first-order valence-electron chi connectivity index (χ1n) is 7.08. The number of hydrogen-bond acceptors (Lipinski definition) is 7. The standard InChI is InChI=1S/C13H18N2O3S3/c1-2-21(17,18)11-8-19-6-5-15(11)13-14-12(9-3-4-9)10(7-16)20-13/h7,9,11H,2-6,8H2,1H3. The van der Waals surface area contributed by atoms with E-state index in [4.69, 9.17) is 0 Å². The number of carbonyl (C=O) groups excluding carboxylic acids is 1. The maximum atomic E-state index is 12.3. The van der Waals surface area contributed by atoms with Crippen molar-refractivity contribution in [3.8, 4) is 0 Å². The fourth-order valence-corrected chi connectivity index (χ4v) is 6.56. The summed E-state index contributed by atoms with van der Waals surface area (Å²) in [6.07, 6.45) is 3.02. The van der Waals surface area contributed by atoms with Gasteiger partial charge >= 0.3 is 0 Å². The Bertz CT molecular complexity index is 637. The molecule has 1 saturated heterocycles. The van der Waals surface area contributed by atoms with Gasteiger partial charge in [-0.2, -0.15) is 11.8 Å². The quantitative estimate of drug-likeness (QED) is 0.761. The molecular weight excluding hydrogens is 328 g/mol. The second kappa shape index (κ2) is 5.89. The highest BCUT2D eigenvalue weighted by Gasteiger charge is 2.36. The zero-order valence-electron chi connectivity index (χ0n) is 11.8. The second-order valence-electron chi connectivity index (χ2n) is 5.31. The predicted octanol–water partition coefficient (Wildman–Crippen LogP) is 2.15. The fourth-order valence-electron chi connectivity index (χ4n) is 2.48. The van der Waals surface area contributed by atoms with Gasteiger partial charge in [-0.05, 0) is 12.8 Å². The molecule has 2 aliphatic rings. The number of thiazole rings is 1. The van der Waals surface area contributed by atoms with E-state index in [1.807, 2.05) is 4.90 Å². The second-order valence-corrected chi connectivity index (χ2v) is 9.92. The summed E-state index contributed by atoms with van der Waals surface area (Å²) in [6.45, 7) is 2.35. The van der Waals surface area contributed by atoms with Gasteiger partial charge in [0.2, 0.25) is 0 Å². The van der Waals surface area contributed by atoms with Crippen molar-refractivity contribution >= 4 is 44.4 Å². The molecule has 0 N–H and O–H groups in total. The molecule has 1 aromatic heterocycles. The summed E-state index contributed by atoms with van der Waals surface area (Å²) in [6, 6.07) is 0. The van der Waals surface area contributed by atoms with Gasteiger partial charge in [0.25, 0.3) is 0 Å². The van der Waals surface area contributed by atoms with Crippen LogP contribution in [-0.4, -0.2) is 48.9 Å². The van der Waals surface area contributed by atoms with E-state index >= 15 is 0 Å². The zero-order chi connectivity index (χ0) is 15.0. The molecule has 2 heterocycles. The molecule has 3 rings (SSSR count). The van der Waals surface area contributed by atoms with Gasteiger partial charge in [-0.1, -0.05) is 18.3 Å². The Hall–Kier alpha value is -0.600. The van der Waals surface area contributed by atoms with Crippen LogP contribution < -0.4 is 4.90 Å². The molecule has 5 nitrogen and oxygen atoms in total. The lowest BCUT2D eigenvalue weighted by molar-refractivity contribution is 0.112. The van der Waals surface area contributed by atoms with Crippen LogP contribution in [0.2, 0.25) is 0 Å². The number of hydrogen-bond donors (Lipinski definition) is 0. The van der Waals surface area contributed by atoms with Crippen LogP contribution in [0.15, 0.2) is 0 Å². The van der Waals surface area contributed by atoms with Gasteiger partial charge in [-0.3, -0.25) is 4.79 Å². The van der Waals surface area contributed by atoms with Crippen LogP contribution in [0.25, 0.3) is 0 Å². The number of aldehydes is 1. The summed E-state index contributed by atoms with van der Waals surface area (Å²) >= 11 is 3.00. The van der Waals surface area contributed by atoms with Crippen LogP contribution in [0, 0.1) is 0 Å². The number of carbonyl (C=O) groups is 1. The topological polar surface area (TPSA) is 67.3 Å².